The lowest BCUT2D eigenvalue weighted by Crippen LogP contribution is -2.02. The first-order chi connectivity index (χ1) is 11.1. The Hall–Kier alpha value is -2.86. The lowest BCUT2D eigenvalue weighted by Gasteiger charge is -2.10. The summed E-state index contributed by atoms with van der Waals surface area (Å²) in [7, 11) is 1.49. The molecule has 2 aromatic carbocycles. The second-order valence-electron chi connectivity index (χ2n) is 4.66. The van der Waals surface area contributed by atoms with Crippen molar-refractivity contribution in [3.05, 3.63) is 59.2 Å². The SMILES string of the molecule is COCOc1ccc(OCc2ccc(C(=O)O)cc2)cc1C=O. The summed E-state index contributed by atoms with van der Waals surface area (Å²) in [5.74, 6) is -0.0427. The minimum atomic E-state index is -0.972. The third kappa shape index (κ3) is 4.55. The van der Waals surface area contributed by atoms with Gasteiger partial charge in [0.25, 0.3) is 0 Å². The Morgan fingerprint density at radius 3 is 2.48 bits per heavy atom. The highest BCUT2D eigenvalue weighted by Gasteiger charge is 2.06. The van der Waals surface area contributed by atoms with E-state index in [1.54, 1.807) is 30.3 Å². The average Bonchev–Trinajstić information content (AvgIpc) is 2.58. The number of hydrogen-bond donors (Lipinski definition) is 1. The predicted molar refractivity (Wildman–Crippen MR) is 82.1 cm³/mol. The molecule has 0 bridgehead atoms. The molecule has 2 rings (SSSR count). The third-order valence-corrected chi connectivity index (χ3v) is 3.05. The zero-order valence-electron chi connectivity index (χ0n) is 12.5. The molecular weight excluding hydrogens is 300 g/mol. The maximum absolute atomic E-state index is 11.1. The first-order valence-corrected chi connectivity index (χ1v) is 6.80. The number of carbonyl (C=O) groups excluding carboxylic acids is 1. The largest absolute Gasteiger partial charge is 0.489 e. The molecule has 6 heteroatoms. The van der Waals surface area contributed by atoms with Crippen LogP contribution in [0.25, 0.3) is 0 Å². The molecule has 23 heavy (non-hydrogen) atoms. The first-order valence-electron chi connectivity index (χ1n) is 6.80. The van der Waals surface area contributed by atoms with Gasteiger partial charge in [-0.2, -0.15) is 0 Å². The Labute approximate surface area is 133 Å². The second kappa shape index (κ2) is 7.95. The number of hydrogen-bond acceptors (Lipinski definition) is 5. The Kier molecular flexibility index (Phi) is 5.71. The molecule has 0 atom stereocenters. The van der Waals surface area contributed by atoms with E-state index in [1.165, 1.54) is 19.2 Å². The number of ether oxygens (including phenoxy) is 3. The Morgan fingerprint density at radius 2 is 1.87 bits per heavy atom. The van der Waals surface area contributed by atoms with Crippen molar-refractivity contribution >= 4 is 12.3 Å². The number of benzene rings is 2. The summed E-state index contributed by atoms with van der Waals surface area (Å²) in [5, 5.41) is 8.84. The van der Waals surface area contributed by atoms with Gasteiger partial charge in [-0.15, -0.1) is 0 Å². The minimum absolute atomic E-state index is 0.0525. The van der Waals surface area contributed by atoms with Crippen LogP contribution in [0.1, 0.15) is 26.3 Å². The van der Waals surface area contributed by atoms with Crippen LogP contribution in [-0.4, -0.2) is 31.3 Å². The summed E-state index contributed by atoms with van der Waals surface area (Å²) in [6.45, 7) is 0.313. The van der Waals surface area contributed by atoms with Crippen molar-refractivity contribution in [2.75, 3.05) is 13.9 Å². The van der Waals surface area contributed by atoms with Crippen LogP contribution in [0.3, 0.4) is 0 Å². The zero-order chi connectivity index (χ0) is 16.7. The number of aldehydes is 1. The van der Waals surface area contributed by atoms with Crippen molar-refractivity contribution in [2.45, 2.75) is 6.61 Å². The highest BCUT2D eigenvalue weighted by molar-refractivity contribution is 5.87. The Bertz CT molecular complexity index is 678. The van der Waals surface area contributed by atoms with Crippen molar-refractivity contribution < 1.29 is 28.9 Å². The molecule has 0 spiro atoms. The fourth-order valence-electron chi connectivity index (χ4n) is 1.87. The fourth-order valence-corrected chi connectivity index (χ4v) is 1.87. The minimum Gasteiger partial charge on any atom is -0.489 e. The van der Waals surface area contributed by atoms with Crippen LogP contribution in [-0.2, 0) is 11.3 Å². The number of rotatable bonds is 8. The lowest BCUT2D eigenvalue weighted by molar-refractivity contribution is 0.0504. The quantitative estimate of drug-likeness (QED) is 0.595. The summed E-state index contributed by atoms with van der Waals surface area (Å²) in [5.41, 5.74) is 1.40. The van der Waals surface area contributed by atoms with Crippen LogP contribution in [0, 0.1) is 0 Å². The van der Waals surface area contributed by atoms with Crippen molar-refractivity contribution in [2.24, 2.45) is 0 Å². The van der Waals surface area contributed by atoms with Gasteiger partial charge in [0.15, 0.2) is 13.1 Å². The van der Waals surface area contributed by atoms with E-state index in [1.807, 2.05) is 0 Å². The molecule has 0 aliphatic heterocycles. The van der Waals surface area contributed by atoms with Gasteiger partial charge in [-0.25, -0.2) is 4.79 Å². The summed E-state index contributed by atoms with van der Waals surface area (Å²) < 4.78 is 15.7. The van der Waals surface area contributed by atoms with Crippen LogP contribution in [0.15, 0.2) is 42.5 Å². The van der Waals surface area contributed by atoms with Gasteiger partial charge in [0.1, 0.15) is 18.1 Å². The van der Waals surface area contributed by atoms with Crippen LogP contribution in [0.5, 0.6) is 11.5 Å². The van der Waals surface area contributed by atoms with Crippen molar-refractivity contribution in [1.29, 1.82) is 0 Å². The number of carbonyl (C=O) groups is 2. The molecule has 0 unspecified atom stereocenters. The monoisotopic (exact) mass is 316 g/mol. The standard InChI is InChI=1S/C17H16O6/c1-21-11-23-16-7-6-15(8-14(16)9-18)22-10-12-2-4-13(5-3-12)17(19)20/h2-9H,10-11H2,1H3,(H,19,20). The summed E-state index contributed by atoms with van der Waals surface area (Å²) in [4.78, 5) is 21.9. The maximum atomic E-state index is 11.1. The third-order valence-electron chi connectivity index (χ3n) is 3.05. The van der Waals surface area contributed by atoms with E-state index in [4.69, 9.17) is 19.3 Å². The molecule has 0 radical (unpaired) electrons. The van der Waals surface area contributed by atoms with E-state index >= 15 is 0 Å². The molecule has 0 aliphatic carbocycles. The smallest absolute Gasteiger partial charge is 0.335 e. The highest BCUT2D eigenvalue weighted by Crippen LogP contribution is 2.23. The van der Waals surface area contributed by atoms with Gasteiger partial charge in [0.2, 0.25) is 0 Å². The molecule has 0 aromatic heterocycles. The molecule has 6 nitrogen and oxygen atoms in total. The van der Waals surface area contributed by atoms with Gasteiger partial charge in [0, 0.05) is 7.11 Å². The highest BCUT2D eigenvalue weighted by atomic mass is 16.7. The van der Waals surface area contributed by atoms with Crippen LogP contribution in [0.2, 0.25) is 0 Å². The van der Waals surface area contributed by atoms with E-state index in [-0.39, 0.29) is 19.0 Å². The molecule has 0 amide bonds. The Morgan fingerprint density at radius 1 is 1.13 bits per heavy atom. The summed E-state index contributed by atoms with van der Waals surface area (Å²) in [6.07, 6.45) is 0.680. The number of aromatic carboxylic acids is 1. The molecule has 0 heterocycles. The van der Waals surface area contributed by atoms with E-state index in [0.29, 0.717) is 23.3 Å². The van der Waals surface area contributed by atoms with E-state index < -0.39 is 5.97 Å². The van der Waals surface area contributed by atoms with Gasteiger partial charge in [-0.05, 0) is 35.9 Å². The van der Waals surface area contributed by atoms with E-state index in [0.717, 1.165) is 5.56 Å². The van der Waals surface area contributed by atoms with Gasteiger partial charge in [-0.1, -0.05) is 12.1 Å². The van der Waals surface area contributed by atoms with Gasteiger partial charge in [-0.3, -0.25) is 4.79 Å². The Balaban J connectivity index is 2.02. The predicted octanol–water partition coefficient (Wildman–Crippen LogP) is 2.76. The van der Waals surface area contributed by atoms with Gasteiger partial charge in [0.05, 0.1) is 11.1 Å². The van der Waals surface area contributed by atoms with Crippen molar-refractivity contribution in [3.8, 4) is 11.5 Å². The lowest BCUT2D eigenvalue weighted by atomic mass is 10.1. The molecule has 0 fully saturated rings. The van der Waals surface area contributed by atoms with Gasteiger partial charge >= 0.3 is 5.97 Å². The van der Waals surface area contributed by atoms with Crippen molar-refractivity contribution in [3.63, 3.8) is 0 Å². The molecule has 2 aromatic rings. The van der Waals surface area contributed by atoms with Gasteiger partial charge < -0.3 is 19.3 Å². The number of methoxy groups -OCH3 is 1. The molecule has 1 N–H and O–H groups in total. The normalized spacial score (nSPS) is 10.1. The second-order valence-corrected chi connectivity index (χ2v) is 4.66. The zero-order valence-corrected chi connectivity index (χ0v) is 12.5. The molecule has 120 valence electrons. The molecular formula is C17H16O6. The molecule has 0 saturated carbocycles. The maximum Gasteiger partial charge on any atom is 0.335 e. The van der Waals surface area contributed by atoms with Crippen molar-refractivity contribution in [1.82, 2.24) is 0 Å². The topological polar surface area (TPSA) is 82.1 Å². The summed E-state index contributed by atoms with van der Waals surface area (Å²) in [6, 6.07) is 11.3. The van der Waals surface area contributed by atoms with E-state index in [2.05, 4.69) is 0 Å². The fraction of sp³-hybridized carbons (Fsp3) is 0.176. The van der Waals surface area contributed by atoms with E-state index in [9.17, 15) is 9.59 Å². The number of carboxylic acids is 1. The van der Waals surface area contributed by atoms with Crippen LogP contribution >= 0.6 is 0 Å². The number of carboxylic acid groups (broad SMARTS) is 1. The molecule has 0 aliphatic rings. The molecule has 0 saturated heterocycles. The average molecular weight is 316 g/mol. The van der Waals surface area contributed by atoms with Crippen LogP contribution < -0.4 is 9.47 Å². The summed E-state index contributed by atoms with van der Waals surface area (Å²) >= 11 is 0. The first kappa shape index (κ1) is 16.5. The van der Waals surface area contributed by atoms with Crippen LogP contribution in [0.4, 0.5) is 0 Å².